The number of halogens is 1. The molecule has 1 N–H and O–H groups in total. The highest BCUT2D eigenvalue weighted by atomic mass is 19.1. The molecular formula is C17H11FO4. The molecule has 3 rings (SSSR count). The van der Waals surface area contributed by atoms with Crippen molar-refractivity contribution in [3.8, 4) is 5.75 Å². The van der Waals surface area contributed by atoms with Crippen LogP contribution in [0.3, 0.4) is 0 Å². The molecule has 4 nitrogen and oxygen atoms in total. The van der Waals surface area contributed by atoms with Crippen LogP contribution in [0.25, 0.3) is 11.0 Å². The Morgan fingerprint density at radius 3 is 2.68 bits per heavy atom. The van der Waals surface area contributed by atoms with Crippen LogP contribution in [0.1, 0.15) is 21.5 Å². The van der Waals surface area contributed by atoms with Gasteiger partial charge in [0, 0.05) is 17.0 Å². The molecule has 5 heteroatoms. The van der Waals surface area contributed by atoms with E-state index in [1.807, 2.05) is 0 Å². The largest absolute Gasteiger partial charge is 0.507 e. The van der Waals surface area contributed by atoms with Crippen LogP contribution in [0.4, 0.5) is 4.39 Å². The Morgan fingerprint density at radius 1 is 1.18 bits per heavy atom. The lowest BCUT2D eigenvalue weighted by Crippen LogP contribution is -2.06. The maximum atomic E-state index is 13.3. The summed E-state index contributed by atoms with van der Waals surface area (Å²) in [6, 6.07) is 9.31. The predicted octanol–water partition coefficient (Wildman–Crippen LogP) is 3.18. The zero-order valence-electron chi connectivity index (χ0n) is 11.6. The molecular weight excluding hydrogens is 287 g/mol. The Kier molecular flexibility index (Phi) is 3.25. The van der Waals surface area contributed by atoms with Gasteiger partial charge in [0.05, 0.1) is 0 Å². The fraction of sp³-hybridized carbons (Fsp3) is 0.0588. The molecule has 1 aromatic heterocycles. The summed E-state index contributed by atoms with van der Waals surface area (Å²) >= 11 is 0. The summed E-state index contributed by atoms with van der Waals surface area (Å²) in [6.45, 7) is 1.70. The molecule has 110 valence electrons. The Morgan fingerprint density at radius 2 is 1.95 bits per heavy atom. The van der Waals surface area contributed by atoms with Gasteiger partial charge in [-0.2, -0.15) is 0 Å². The van der Waals surface area contributed by atoms with Gasteiger partial charge in [0.25, 0.3) is 0 Å². The average Bonchev–Trinajstić information content (AvgIpc) is 2.46. The van der Waals surface area contributed by atoms with Crippen molar-refractivity contribution >= 4 is 16.8 Å². The van der Waals surface area contributed by atoms with Crippen molar-refractivity contribution in [3.05, 3.63) is 75.4 Å². The molecule has 0 spiro atoms. The lowest BCUT2D eigenvalue weighted by Gasteiger charge is -2.08. The highest BCUT2D eigenvalue weighted by molar-refractivity contribution is 6.17. The minimum atomic E-state index is -0.621. The maximum Gasteiger partial charge on any atom is 0.336 e. The Hall–Kier alpha value is -2.95. The van der Waals surface area contributed by atoms with Crippen molar-refractivity contribution in [2.75, 3.05) is 0 Å². The number of phenolic OH excluding ortho intramolecular Hbond substituents is 1. The number of aromatic hydroxyl groups is 1. The first-order chi connectivity index (χ1) is 10.5. The van der Waals surface area contributed by atoms with Crippen molar-refractivity contribution in [2.24, 2.45) is 0 Å². The molecule has 0 amide bonds. The van der Waals surface area contributed by atoms with Gasteiger partial charge in [-0.25, -0.2) is 9.18 Å². The summed E-state index contributed by atoms with van der Waals surface area (Å²) < 4.78 is 18.4. The molecule has 0 aliphatic carbocycles. The fourth-order valence-electron chi connectivity index (χ4n) is 2.37. The van der Waals surface area contributed by atoms with Crippen LogP contribution in [-0.4, -0.2) is 10.9 Å². The van der Waals surface area contributed by atoms with E-state index in [0.29, 0.717) is 10.9 Å². The smallest absolute Gasteiger partial charge is 0.336 e. The van der Waals surface area contributed by atoms with E-state index in [4.69, 9.17) is 4.42 Å². The van der Waals surface area contributed by atoms with Crippen LogP contribution in [-0.2, 0) is 0 Å². The number of carbonyl (C=O) groups is 1. The van der Waals surface area contributed by atoms with Gasteiger partial charge < -0.3 is 9.52 Å². The molecule has 1 heterocycles. The molecule has 0 aliphatic heterocycles. The van der Waals surface area contributed by atoms with Crippen molar-refractivity contribution in [2.45, 2.75) is 6.92 Å². The minimum absolute atomic E-state index is 0.000684. The van der Waals surface area contributed by atoms with E-state index in [1.54, 1.807) is 13.0 Å². The molecule has 2 aromatic carbocycles. The van der Waals surface area contributed by atoms with Crippen molar-refractivity contribution in [1.82, 2.24) is 0 Å². The number of carbonyl (C=O) groups excluding carboxylic acids is 1. The lowest BCUT2D eigenvalue weighted by atomic mass is 9.98. The van der Waals surface area contributed by atoms with E-state index in [2.05, 4.69) is 0 Å². The summed E-state index contributed by atoms with van der Waals surface area (Å²) in [7, 11) is 0. The first-order valence-corrected chi connectivity index (χ1v) is 6.54. The third kappa shape index (κ3) is 2.26. The second kappa shape index (κ2) is 5.11. The number of hydrogen-bond acceptors (Lipinski definition) is 4. The zero-order valence-corrected chi connectivity index (χ0v) is 11.6. The lowest BCUT2D eigenvalue weighted by molar-refractivity contribution is 0.103. The summed E-state index contributed by atoms with van der Waals surface area (Å²) in [5.41, 5.74) is -0.0847. The van der Waals surface area contributed by atoms with E-state index in [1.165, 1.54) is 30.3 Å². The molecule has 3 aromatic rings. The molecule has 0 atom stereocenters. The number of ketones is 1. The standard InChI is InChI=1S/C17H11FO4/c1-9-7-14(20)22-17-12(9)5-6-13(19)15(17)16(21)10-3-2-4-11(18)8-10/h2-8,19H,1H3. The monoisotopic (exact) mass is 298 g/mol. The van der Waals surface area contributed by atoms with Gasteiger partial charge in [0.1, 0.15) is 17.1 Å². The van der Waals surface area contributed by atoms with Gasteiger partial charge in [0.2, 0.25) is 5.78 Å². The second-order valence-electron chi connectivity index (χ2n) is 4.92. The average molecular weight is 298 g/mol. The highest BCUT2D eigenvalue weighted by Gasteiger charge is 2.20. The number of phenols is 1. The topological polar surface area (TPSA) is 67.5 Å². The fourth-order valence-corrected chi connectivity index (χ4v) is 2.37. The van der Waals surface area contributed by atoms with Crippen LogP contribution in [0.15, 0.2) is 51.7 Å². The van der Waals surface area contributed by atoms with Crippen LogP contribution in [0.5, 0.6) is 5.75 Å². The third-order valence-corrected chi connectivity index (χ3v) is 3.41. The maximum absolute atomic E-state index is 13.3. The zero-order chi connectivity index (χ0) is 15.9. The predicted molar refractivity (Wildman–Crippen MR) is 78.7 cm³/mol. The van der Waals surface area contributed by atoms with Gasteiger partial charge in [-0.1, -0.05) is 12.1 Å². The minimum Gasteiger partial charge on any atom is -0.507 e. The van der Waals surface area contributed by atoms with Crippen molar-refractivity contribution in [3.63, 3.8) is 0 Å². The van der Waals surface area contributed by atoms with E-state index in [-0.39, 0.29) is 22.5 Å². The molecule has 0 bridgehead atoms. The molecule has 0 saturated heterocycles. The quantitative estimate of drug-likeness (QED) is 0.583. The van der Waals surface area contributed by atoms with Crippen molar-refractivity contribution in [1.29, 1.82) is 0 Å². The van der Waals surface area contributed by atoms with E-state index >= 15 is 0 Å². The normalized spacial score (nSPS) is 10.8. The van der Waals surface area contributed by atoms with Crippen LogP contribution < -0.4 is 5.63 Å². The van der Waals surface area contributed by atoms with Gasteiger partial charge in [0.15, 0.2) is 5.58 Å². The second-order valence-corrected chi connectivity index (χ2v) is 4.92. The van der Waals surface area contributed by atoms with E-state index < -0.39 is 17.2 Å². The Balaban J connectivity index is 2.32. The SMILES string of the molecule is Cc1cc(=O)oc2c(C(=O)c3cccc(F)c3)c(O)ccc12. The summed E-state index contributed by atoms with van der Waals surface area (Å²) in [4.78, 5) is 24.1. The molecule has 0 radical (unpaired) electrons. The summed E-state index contributed by atoms with van der Waals surface area (Å²) in [5, 5.41) is 10.6. The first kappa shape index (κ1) is 14.0. The van der Waals surface area contributed by atoms with E-state index in [9.17, 15) is 19.1 Å². The van der Waals surface area contributed by atoms with Crippen LogP contribution in [0, 0.1) is 12.7 Å². The van der Waals surface area contributed by atoms with Crippen molar-refractivity contribution < 1.29 is 18.7 Å². The Bertz CT molecular complexity index is 957. The number of hydrogen-bond donors (Lipinski definition) is 1. The highest BCUT2D eigenvalue weighted by Crippen LogP contribution is 2.30. The van der Waals surface area contributed by atoms with Gasteiger partial charge in [-0.15, -0.1) is 0 Å². The molecule has 0 aliphatic rings. The number of aryl methyl sites for hydroxylation is 1. The van der Waals surface area contributed by atoms with Gasteiger partial charge in [-0.3, -0.25) is 4.79 Å². The summed E-state index contributed by atoms with van der Waals surface area (Å²) in [6.07, 6.45) is 0. The number of fused-ring (bicyclic) bond motifs is 1. The molecule has 0 fully saturated rings. The van der Waals surface area contributed by atoms with Crippen LogP contribution >= 0.6 is 0 Å². The molecule has 0 saturated carbocycles. The number of rotatable bonds is 2. The molecule has 22 heavy (non-hydrogen) atoms. The molecule has 0 unspecified atom stereocenters. The van der Waals surface area contributed by atoms with Gasteiger partial charge >= 0.3 is 5.63 Å². The first-order valence-electron chi connectivity index (χ1n) is 6.54. The van der Waals surface area contributed by atoms with Gasteiger partial charge in [-0.05, 0) is 36.8 Å². The van der Waals surface area contributed by atoms with Crippen LogP contribution in [0.2, 0.25) is 0 Å². The van der Waals surface area contributed by atoms with E-state index in [0.717, 1.165) is 6.07 Å². The Labute approximate surface area is 124 Å². The number of benzene rings is 2. The summed E-state index contributed by atoms with van der Waals surface area (Å²) in [5.74, 6) is -1.50. The third-order valence-electron chi connectivity index (χ3n) is 3.41.